The van der Waals surface area contributed by atoms with Crippen LogP contribution in [0, 0.1) is 0 Å². The zero-order valence-corrected chi connectivity index (χ0v) is 13.2. The molecule has 2 bridgehead atoms. The van der Waals surface area contributed by atoms with E-state index >= 15 is 0 Å². The van der Waals surface area contributed by atoms with E-state index in [0.29, 0.717) is 6.61 Å². The van der Waals surface area contributed by atoms with E-state index in [9.17, 15) is 5.11 Å². The van der Waals surface area contributed by atoms with Crippen molar-refractivity contribution in [2.24, 2.45) is 0 Å². The molecular weight excluding hydrogens is 314 g/mol. The standard InChI is InChI=1S/C18H16ClNO3/c19-11-5-6-14-18-16(11)10-9-15(20(18)7-2-8-22-14)23-13-4-1-3-12(21)17(10)13/h1,3-6,10,15,21H,2,7-9H2/t10-,15+/m1/s1. The van der Waals surface area contributed by atoms with Crippen LogP contribution in [0.2, 0.25) is 5.02 Å². The third-order valence-electron chi connectivity index (χ3n) is 5.00. The quantitative estimate of drug-likeness (QED) is 0.796. The molecule has 0 fully saturated rings. The largest absolute Gasteiger partial charge is 0.508 e. The number of nitrogens with zero attached hydrogens (tertiary/aromatic N) is 1. The summed E-state index contributed by atoms with van der Waals surface area (Å²) < 4.78 is 12.1. The molecule has 0 saturated carbocycles. The zero-order valence-electron chi connectivity index (χ0n) is 12.5. The van der Waals surface area contributed by atoms with Gasteiger partial charge < -0.3 is 19.5 Å². The number of hydrogen-bond acceptors (Lipinski definition) is 4. The Morgan fingerprint density at radius 3 is 2.96 bits per heavy atom. The van der Waals surface area contributed by atoms with E-state index in [1.165, 1.54) is 0 Å². The van der Waals surface area contributed by atoms with Crippen LogP contribution in [0.1, 0.15) is 29.9 Å². The van der Waals surface area contributed by atoms with Crippen molar-refractivity contribution in [1.82, 2.24) is 0 Å². The van der Waals surface area contributed by atoms with Crippen LogP contribution in [0.5, 0.6) is 17.2 Å². The van der Waals surface area contributed by atoms with E-state index < -0.39 is 0 Å². The maximum atomic E-state index is 10.4. The van der Waals surface area contributed by atoms with Crippen molar-refractivity contribution in [2.75, 3.05) is 18.1 Å². The summed E-state index contributed by atoms with van der Waals surface area (Å²) in [6.07, 6.45) is 1.70. The Hall–Kier alpha value is -2.07. The van der Waals surface area contributed by atoms with Crippen LogP contribution in [-0.2, 0) is 0 Å². The number of rotatable bonds is 0. The second-order valence-corrected chi connectivity index (χ2v) is 6.66. The minimum absolute atomic E-state index is 0.0327. The Morgan fingerprint density at radius 2 is 2.04 bits per heavy atom. The molecule has 0 aromatic heterocycles. The Kier molecular flexibility index (Phi) is 2.74. The maximum Gasteiger partial charge on any atom is 0.173 e. The molecule has 0 spiro atoms. The molecule has 23 heavy (non-hydrogen) atoms. The van der Waals surface area contributed by atoms with E-state index in [1.807, 2.05) is 24.3 Å². The number of benzene rings is 2. The van der Waals surface area contributed by atoms with Gasteiger partial charge in [0.2, 0.25) is 0 Å². The van der Waals surface area contributed by atoms with Crippen molar-refractivity contribution in [3.63, 3.8) is 0 Å². The van der Waals surface area contributed by atoms with Crippen LogP contribution >= 0.6 is 11.6 Å². The number of fused-ring (bicyclic) bond motifs is 6. The summed E-state index contributed by atoms with van der Waals surface area (Å²) in [5.41, 5.74) is 2.92. The van der Waals surface area contributed by atoms with Crippen LogP contribution < -0.4 is 14.4 Å². The van der Waals surface area contributed by atoms with Crippen LogP contribution in [0.15, 0.2) is 30.3 Å². The topological polar surface area (TPSA) is 41.9 Å². The van der Waals surface area contributed by atoms with Gasteiger partial charge in [-0.2, -0.15) is 0 Å². The van der Waals surface area contributed by atoms with Crippen molar-refractivity contribution in [3.05, 3.63) is 46.5 Å². The number of anilines is 1. The predicted octanol–water partition coefficient (Wildman–Crippen LogP) is 3.89. The fourth-order valence-electron chi connectivity index (χ4n) is 4.08. The van der Waals surface area contributed by atoms with Gasteiger partial charge >= 0.3 is 0 Å². The molecule has 1 N–H and O–H groups in total. The van der Waals surface area contributed by atoms with Gasteiger partial charge in [0.15, 0.2) is 6.23 Å². The summed E-state index contributed by atoms with van der Waals surface area (Å²) in [5, 5.41) is 11.1. The SMILES string of the molecule is Oc1cccc2c1[C@@H]1C[C@H](O2)N2CCCOc3ccc(Cl)c1c32. The average molecular weight is 330 g/mol. The lowest BCUT2D eigenvalue weighted by Crippen LogP contribution is -2.47. The number of halogens is 1. The van der Waals surface area contributed by atoms with E-state index in [4.69, 9.17) is 21.1 Å². The smallest absolute Gasteiger partial charge is 0.173 e. The summed E-state index contributed by atoms with van der Waals surface area (Å²) >= 11 is 6.57. The molecule has 0 unspecified atom stereocenters. The summed E-state index contributed by atoms with van der Waals surface area (Å²) in [7, 11) is 0. The number of aromatic hydroxyl groups is 1. The molecule has 4 nitrogen and oxygen atoms in total. The van der Waals surface area contributed by atoms with Gasteiger partial charge in [-0.25, -0.2) is 0 Å². The first-order chi connectivity index (χ1) is 11.2. The van der Waals surface area contributed by atoms with Crippen molar-refractivity contribution < 1.29 is 14.6 Å². The number of ether oxygens (including phenoxy) is 2. The van der Waals surface area contributed by atoms with Crippen LogP contribution in [-0.4, -0.2) is 24.5 Å². The highest BCUT2D eigenvalue weighted by Crippen LogP contribution is 2.56. The average Bonchev–Trinajstić information content (AvgIpc) is 2.76. The molecule has 0 amide bonds. The molecule has 2 aromatic carbocycles. The lowest BCUT2D eigenvalue weighted by atomic mass is 9.80. The molecule has 0 radical (unpaired) electrons. The molecular formula is C18H16ClNO3. The molecule has 0 aliphatic carbocycles. The minimum Gasteiger partial charge on any atom is -0.508 e. The molecule has 2 atom stereocenters. The summed E-state index contributed by atoms with van der Waals surface area (Å²) in [5.74, 6) is 1.91. The lowest BCUT2D eigenvalue weighted by molar-refractivity contribution is 0.150. The third kappa shape index (κ3) is 1.78. The first-order valence-corrected chi connectivity index (χ1v) is 8.32. The minimum atomic E-state index is -0.0410. The summed E-state index contributed by atoms with van der Waals surface area (Å²) in [6, 6.07) is 9.28. The van der Waals surface area contributed by atoms with Gasteiger partial charge in [0, 0.05) is 35.0 Å². The van der Waals surface area contributed by atoms with Crippen LogP contribution in [0.25, 0.3) is 0 Å². The van der Waals surface area contributed by atoms with E-state index in [-0.39, 0.29) is 17.9 Å². The van der Waals surface area contributed by atoms with Crippen LogP contribution in [0.4, 0.5) is 5.69 Å². The maximum absolute atomic E-state index is 10.4. The highest BCUT2D eigenvalue weighted by atomic mass is 35.5. The van der Waals surface area contributed by atoms with E-state index in [2.05, 4.69) is 4.90 Å². The van der Waals surface area contributed by atoms with Crippen molar-refractivity contribution in [2.45, 2.75) is 25.0 Å². The molecule has 3 aliphatic rings. The summed E-state index contributed by atoms with van der Waals surface area (Å²) in [4.78, 5) is 2.27. The van der Waals surface area contributed by atoms with Gasteiger partial charge in [-0.15, -0.1) is 0 Å². The third-order valence-corrected chi connectivity index (χ3v) is 5.33. The molecule has 2 aromatic rings. The first kappa shape index (κ1) is 13.4. The Balaban J connectivity index is 1.81. The Labute approximate surface area is 139 Å². The highest BCUT2D eigenvalue weighted by Gasteiger charge is 2.44. The fourth-order valence-corrected chi connectivity index (χ4v) is 4.36. The van der Waals surface area contributed by atoms with Gasteiger partial charge in [-0.3, -0.25) is 0 Å². The molecule has 118 valence electrons. The first-order valence-electron chi connectivity index (χ1n) is 7.94. The normalized spacial score (nSPS) is 24.0. The fraction of sp³-hybridized carbons (Fsp3) is 0.333. The van der Waals surface area contributed by atoms with Crippen molar-refractivity contribution >= 4 is 17.3 Å². The zero-order chi connectivity index (χ0) is 15.6. The second-order valence-electron chi connectivity index (χ2n) is 6.25. The second kappa shape index (κ2) is 4.71. The highest BCUT2D eigenvalue weighted by molar-refractivity contribution is 6.32. The van der Waals surface area contributed by atoms with Gasteiger partial charge in [-0.1, -0.05) is 17.7 Å². The van der Waals surface area contributed by atoms with Gasteiger partial charge in [-0.05, 0) is 30.7 Å². The number of phenols is 1. The molecule has 5 heteroatoms. The molecule has 3 heterocycles. The summed E-state index contributed by atoms with van der Waals surface area (Å²) in [6.45, 7) is 1.58. The van der Waals surface area contributed by atoms with Crippen molar-refractivity contribution in [1.29, 1.82) is 0 Å². The monoisotopic (exact) mass is 329 g/mol. The number of hydrogen-bond donors (Lipinski definition) is 1. The molecule has 5 rings (SSSR count). The van der Waals surface area contributed by atoms with Gasteiger partial charge in [0.25, 0.3) is 0 Å². The van der Waals surface area contributed by atoms with Gasteiger partial charge in [0.05, 0.1) is 12.3 Å². The lowest BCUT2D eigenvalue weighted by Gasteiger charge is -2.45. The Morgan fingerprint density at radius 1 is 1.13 bits per heavy atom. The van der Waals surface area contributed by atoms with Crippen molar-refractivity contribution in [3.8, 4) is 17.2 Å². The number of phenolic OH excluding ortho intramolecular Hbond substituents is 1. The van der Waals surface area contributed by atoms with E-state index in [0.717, 1.165) is 52.7 Å². The van der Waals surface area contributed by atoms with Crippen LogP contribution in [0.3, 0.4) is 0 Å². The van der Waals surface area contributed by atoms with E-state index in [1.54, 1.807) is 6.07 Å². The van der Waals surface area contributed by atoms with Gasteiger partial charge in [0.1, 0.15) is 17.2 Å². The molecule has 0 saturated heterocycles. The Bertz CT molecular complexity index is 807. The molecule has 3 aliphatic heterocycles. The predicted molar refractivity (Wildman–Crippen MR) is 87.9 cm³/mol.